The van der Waals surface area contributed by atoms with Gasteiger partial charge in [0.1, 0.15) is 5.70 Å². The molecule has 0 saturated heterocycles. The molecular formula is C23H25N3O5. The van der Waals surface area contributed by atoms with Crippen molar-refractivity contribution in [3.05, 3.63) is 75.0 Å². The molecule has 0 aliphatic carbocycles. The SMILES string of the molecule is Cc1ccc(NC2=C(c3ccc([N+](=O)[O-])cc3)C(=O)N(CCOC(C)C)C2=O)c(C)c1. The molecule has 2 aromatic rings. The molecule has 0 radical (unpaired) electrons. The number of nitrogens with zero attached hydrogens (tertiary/aromatic N) is 2. The number of nitro groups is 1. The van der Waals surface area contributed by atoms with Crippen LogP contribution in [0.4, 0.5) is 11.4 Å². The minimum absolute atomic E-state index is 0.0253. The van der Waals surface area contributed by atoms with Gasteiger partial charge in [0.15, 0.2) is 0 Å². The summed E-state index contributed by atoms with van der Waals surface area (Å²) in [5, 5.41) is 14.1. The van der Waals surface area contributed by atoms with Crippen LogP contribution < -0.4 is 5.32 Å². The molecule has 2 amide bonds. The van der Waals surface area contributed by atoms with Gasteiger partial charge in [0, 0.05) is 17.8 Å². The molecule has 1 aliphatic rings. The van der Waals surface area contributed by atoms with Gasteiger partial charge in [0.2, 0.25) is 0 Å². The van der Waals surface area contributed by atoms with Crippen LogP contribution >= 0.6 is 0 Å². The number of nitro benzene ring substituents is 1. The highest BCUT2D eigenvalue weighted by atomic mass is 16.6. The van der Waals surface area contributed by atoms with Gasteiger partial charge < -0.3 is 10.1 Å². The fraction of sp³-hybridized carbons (Fsp3) is 0.304. The van der Waals surface area contributed by atoms with Crippen molar-refractivity contribution >= 4 is 28.8 Å². The molecule has 0 bridgehead atoms. The number of non-ortho nitro benzene ring substituents is 1. The van der Waals surface area contributed by atoms with Crippen LogP contribution in [0, 0.1) is 24.0 Å². The molecule has 8 nitrogen and oxygen atoms in total. The van der Waals surface area contributed by atoms with E-state index in [2.05, 4.69) is 5.32 Å². The third-order valence-electron chi connectivity index (χ3n) is 4.94. The standard InChI is InChI=1S/C23H25N3O5/c1-14(2)31-12-11-25-22(27)20(17-6-8-18(9-7-17)26(29)30)21(23(25)28)24-19-10-5-15(3)13-16(19)4/h5-10,13-14,24H,11-12H2,1-4H3. The fourth-order valence-corrected chi connectivity index (χ4v) is 3.38. The van der Waals surface area contributed by atoms with Gasteiger partial charge in [0.25, 0.3) is 17.5 Å². The normalized spacial score (nSPS) is 14.0. The molecule has 0 unspecified atom stereocenters. The van der Waals surface area contributed by atoms with Crippen molar-refractivity contribution < 1.29 is 19.2 Å². The zero-order chi connectivity index (χ0) is 22.7. The van der Waals surface area contributed by atoms with Crippen molar-refractivity contribution in [2.75, 3.05) is 18.5 Å². The number of aryl methyl sites for hydroxylation is 2. The Morgan fingerprint density at radius 2 is 1.74 bits per heavy atom. The predicted molar refractivity (Wildman–Crippen MR) is 117 cm³/mol. The molecule has 1 N–H and O–H groups in total. The summed E-state index contributed by atoms with van der Waals surface area (Å²) in [6, 6.07) is 11.3. The van der Waals surface area contributed by atoms with Crippen molar-refractivity contribution in [1.82, 2.24) is 4.90 Å². The van der Waals surface area contributed by atoms with Crippen LogP contribution in [0.5, 0.6) is 0 Å². The van der Waals surface area contributed by atoms with E-state index in [9.17, 15) is 19.7 Å². The van der Waals surface area contributed by atoms with Gasteiger partial charge in [-0.3, -0.25) is 24.6 Å². The Hall–Kier alpha value is -3.52. The first kappa shape index (κ1) is 22.2. The summed E-state index contributed by atoms with van der Waals surface area (Å²) >= 11 is 0. The topological polar surface area (TPSA) is 102 Å². The number of benzene rings is 2. The van der Waals surface area contributed by atoms with Crippen molar-refractivity contribution in [3.63, 3.8) is 0 Å². The van der Waals surface area contributed by atoms with E-state index in [0.717, 1.165) is 16.0 Å². The Morgan fingerprint density at radius 3 is 2.32 bits per heavy atom. The zero-order valence-corrected chi connectivity index (χ0v) is 18.0. The minimum Gasteiger partial charge on any atom is -0.377 e. The average molecular weight is 423 g/mol. The maximum absolute atomic E-state index is 13.2. The Morgan fingerprint density at radius 1 is 1.06 bits per heavy atom. The number of imide groups is 1. The van der Waals surface area contributed by atoms with Gasteiger partial charge in [-0.25, -0.2) is 0 Å². The fourth-order valence-electron chi connectivity index (χ4n) is 3.38. The predicted octanol–water partition coefficient (Wildman–Crippen LogP) is 3.83. The van der Waals surface area contributed by atoms with Crippen LogP contribution in [-0.2, 0) is 14.3 Å². The Kier molecular flexibility index (Phi) is 6.50. The number of hydrogen-bond donors (Lipinski definition) is 1. The van der Waals surface area contributed by atoms with Crippen molar-refractivity contribution in [1.29, 1.82) is 0 Å². The highest BCUT2D eigenvalue weighted by Gasteiger charge is 2.39. The molecule has 1 heterocycles. The lowest BCUT2D eigenvalue weighted by molar-refractivity contribution is -0.384. The van der Waals surface area contributed by atoms with Gasteiger partial charge in [-0.2, -0.15) is 0 Å². The van der Waals surface area contributed by atoms with E-state index in [1.165, 1.54) is 24.3 Å². The first-order valence-electron chi connectivity index (χ1n) is 10.00. The van der Waals surface area contributed by atoms with E-state index in [4.69, 9.17) is 4.74 Å². The van der Waals surface area contributed by atoms with E-state index in [1.54, 1.807) is 0 Å². The second-order valence-electron chi connectivity index (χ2n) is 7.68. The van der Waals surface area contributed by atoms with Crippen LogP contribution in [-0.4, -0.2) is 40.9 Å². The monoisotopic (exact) mass is 423 g/mol. The Bertz CT molecular complexity index is 1060. The van der Waals surface area contributed by atoms with Crippen LogP contribution in [0.15, 0.2) is 48.2 Å². The highest BCUT2D eigenvalue weighted by molar-refractivity contribution is 6.36. The minimum atomic E-state index is -0.510. The first-order valence-corrected chi connectivity index (χ1v) is 10.00. The Labute approximate surface area is 180 Å². The smallest absolute Gasteiger partial charge is 0.278 e. The molecule has 0 saturated carbocycles. The maximum Gasteiger partial charge on any atom is 0.278 e. The largest absolute Gasteiger partial charge is 0.377 e. The number of nitrogens with one attached hydrogen (secondary N) is 1. The molecule has 0 fully saturated rings. The van der Waals surface area contributed by atoms with E-state index < -0.39 is 16.7 Å². The zero-order valence-electron chi connectivity index (χ0n) is 18.0. The van der Waals surface area contributed by atoms with Crippen LogP contribution in [0.1, 0.15) is 30.5 Å². The third kappa shape index (κ3) is 4.80. The summed E-state index contributed by atoms with van der Waals surface area (Å²) in [5.74, 6) is -0.913. The number of carbonyl (C=O) groups is 2. The number of hydrogen-bond acceptors (Lipinski definition) is 6. The lowest BCUT2D eigenvalue weighted by atomic mass is 10.0. The molecule has 0 aromatic heterocycles. The molecule has 31 heavy (non-hydrogen) atoms. The maximum atomic E-state index is 13.2. The summed E-state index contributed by atoms with van der Waals surface area (Å²) in [6.07, 6.45) is -0.0253. The van der Waals surface area contributed by atoms with E-state index in [-0.39, 0.29) is 36.2 Å². The number of anilines is 1. The summed E-state index contributed by atoms with van der Waals surface area (Å²) in [4.78, 5) is 37.9. The van der Waals surface area contributed by atoms with Crippen LogP contribution in [0.3, 0.4) is 0 Å². The molecule has 0 spiro atoms. The van der Waals surface area contributed by atoms with Crippen LogP contribution in [0.25, 0.3) is 5.57 Å². The summed E-state index contributed by atoms with van der Waals surface area (Å²) < 4.78 is 5.51. The van der Waals surface area contributed by atoms with E-state index in [1.807, 2.05) is 45.9 Å². The molecular weight excluding hydrogens is 398 g/mol. The molecule has 3 rings (SSSR count). The number of carbonyl (C=O) groups excluding carboxylic acids is 2. The van der Waals surface area contributed by atoms with Gasteiger partial charge >= 0.3 is 0 Å². The highest BCUT2D eigenvalue weighted by Crippen LogP contribution is 2.32. The van der Waals surface area contributed by atoms with Gasteiger partial charge in [-0.15, -0.1) is 0 Å². The lowest BCUT2D eigenvalue weighted by Gasteiger charge is -2.16. The van der Waals surface area contributed by atoms with Crippen molar-refractivity contribution in [3.8, 4) is 0 Å². The molecule has 1 aliphatic heterocycles. The van der Waals surface area contributed by atoms with Gasteiger partial charge in [-0.1, -0.05) is 17.7 Å². The molecule has 2 aromatic carbocycles. The van der Waals surface area contributed by atoms with Crippen LogP contribution in [0.2, 0.25) is 0 Å². The van der Waals surface area contributed by atoms with Crippen molar-refractivity contribution in [2.45, 2.75) is 33.8 Å². The third-order valence-corrected chi connectivity index (χ3v) is 4.94. The molecule has 0 atom stereocenters. The molecule has 8 heteroatoms. The van der Waals surface area contributed by atoms with E-state index >= 15 is 0 Å². The summed E-state index contributed by atoms with van der Waals surface area (Å²) in [6.45, 7) is 7.97. The number of ether oxygens (including phenoxy) is 1. The number of rotatable bonds is 8. The van der Waals surface area contributed by atoms with E-state index in [0.29, 0.717) is 11.3 Å². The van der Waals surface area contributed by atoms with Gasteiger partial charge in [0.05, 0.1) is 29.8 Å². The molecule has 162 valence electrons. The Balaban J connectivity index is 2.00. The lowest BCUT2D eigenvalue weighted by Crippen LogP contribution is -2.35. The number of amides is 2. The van der Waals surface area contributed by atoms with Gasteiger partial charge in [-0.05, 0) is 57.0 Å². The summed E-state index contributed by atoms with van der Waals surface area (Å²) in [7, 11) is 0. The average Bonchev–Trinajstić information content (AvgIpc) is 2.94. The first-order chi connectivity index (χ1) is 14.7. The summed E-state index contributed by atoms with van der Waals surface area (Å²) in [5.41, 5.74) is 3.39. The second-order valence-corrected chi connectivity index (χ2v) is 7.68. The second kappa shape index (κ2) is 9.09. The van der Waals surface area contributed by atoms with Crippen molar-refractivity contribution in [2.24, 2.45) is 0 Å². The quantitative estimate of drug-likeness (QED) is 0.393.